The van der Waals surface area contributed by atoms with Crippen molar-refractivity contribution in [2.24, 2.45) is 5.10 Å². The van der Waals surface area contributed by atoms with E-state index in [-0.39, 0.29) is 28.7 Å². The molecule has 0 aliphatic heterocycles. The summed E-state index contributed by atoms with van der Waals surface area (Å²) < 4.78 is 0. The van der Waals surface area contributed by atoms with Gasteiger partial charge < -0.3 is 35.7 Å². The second kappa shape index (κ2) is 15.3. The van der Waals surface area contributed by atoms with Crippen molar-refractivity contribution in [1.29, 1.82) is 0 Å². The maximum absolute atomic E-state index is 12.2. The van der Waals surface area contributed by atoms with Crippen molar-refractivity contribution in [1.82, 2.24) is 10.4 Å². The number of phenolic OH excluding ortho intramolecular Hbond substituents is 1. The van der Waals surface area contributed by atoms with Crippen LogP contribution < -0.4 is 5.43 Å². The van der Waals surface area contributed by atoms with Gasteiger partial charge in [0.25, 0.3) is 5.91 Å². The average molecular weight is 505 g/mol. The first-order chi connectivity index (χ1) is 15.2. The Labute approximate surface area is 196 Å². The molecule has 1 aromatic heterocycles. The summed E-state index contributed by atoms with van der Waals surface area (Å²) in [6, 6.07) is 21.0. The van der Waals surface area contributed by atoms with Crippen LogP contribution in [-0.4, -0.2) is 31.9 Å². The molecule has 1 radical (unpaired) electrons. The zero-order valence-corrected chi connectivity index (χ0v) is 17.3. The number of phenols is 1. The summed E-state index contributed by atoms with van der Waals surface area (Å²) in [5, 5.41) is 43.0. The topological polar surface area (TPSA) is 207 Å². The molecule has 0 bridgehead atoms. The first kappa shape index (κ1) is 28.4. The van der Waals surface area contributed by atoms with E-state index in [1.54, 1.807) is 6.20 Å². The van der Waals surface area contributed by atoms with E-state index in [2.05, 4.69) is 15.5 Å². The molecule has 0 fully saturated rings. The van der Waals surface area contributed by atoms with Gasteiger partial charge in [-0.3, -0.25) is 9.78 Å². The Hall–Kier alpha value is -4.55. The molecule has 0 saturated heterocycles. The van der Waals surface area contributed by atoms with Crippen molar-refractivity contribution < 1.29 is 37.1 Å². The molecule has 3 aromatic rings. The Morgan fingerprint density at radius 2 is 1.33 bits per heavy atom. The number of aromatic nitrogens is 1. The molecule has 0 atom stereocenters. The molecule has 0 aliphatic rings. The zero-order chi connectivity index (χ0) is 23.9. The maximum Gasteiger partial charge on any atom is 2.00 e. The summed E-state index contributed by atoms with van der Waals surface area (Å²) in [5.74, 6) is -0.257. The summed E-state index contributed by atoms with van der Waals surface area (Å²) in [7, 11) is 0. The number of aromatic hydroxyl groups is 1. The molecule has 33 heavy (non-hydrogen) atoms. The summed E-state index contributed by atoms with van der Waals surface area (Å²) in [6.07, 6.45) is 1.68. The number of nitrogens with one attached hydrogen (secondary N) is 1. The number of pyridine rings is 1. The molecule has 1 amide bonds. The minimum Gasteiger partial charge on any atom is -0.508 e. The first-order valence-electron chi connectivity index (χ1n) is 8.47. The van der Waals surface area contributed by atoms with Gasteiger partial charge in [-0.05, 0) is 36.4 Å². The number of amides is 1. The fourth-order valence-corrected chi connectivity index (χ4v) is 2.15. The SMILES string of the molecule is O=C(N/N=C(\c1ccccc1)c1ccccn1)c1ccc(O)cc1.O=[N+]([O-])[O-].O=[N+]([O-])[O-].[Cu+2]. The van der Waals surface area contributed by atoms with Crippen LogP contribution in [0.15, 0.2) is 84.1 Å². The predicted octanol–water partition coefficient (Wildman–Crippen LogP) is 2.49. The van der Waals surface area contributed by atoms with Crippen molar-refractivity contribution in [2.75, 3.05) is 0 Å². The quantitative estimate of drug-likeness (QED) is 0.231. The zero-order valence-electron chi connectivity index (χ0n) is 16.4. The molecule has 3 rings (SSSR count). The van der Waals surface area contributed by atoms with Gasteiger partial charge in [-0.1, -0.05) is 36.4 Å². The van der Waals surface area contributed by atoms with Gasteiger partial charge in [0.15, 0.2) is 0 Å². The Morgan fingerprint density at radius 1 is 0.818 bits per heavy atom. The smallest absolute Gasteiger partial charge is 0.508 e. The summed E-state index contributed by atoms with van der Waals surface area (Å²) in [5.41, 5.74) is 5.03. The van der Waals surface area contributed by atoms with E-state index in [1.807, 2.05) is 48.5 Å². The Bertz CT molecular complexity index is 989. The van der Waals surface area contributed by atoms with E-state index in [0.717, 1.165) is 5.56 Å². The minimum atomic E-state index is -1.75. The van der Waals surface area contributed by atoms with Crippen LogP contribution >= 0.6 is 0 Å². The number of hydrogen-bond donors (Lipinski definition) is 2. The van der Waals surface area contributed by atoms with Gasteiger partial charge in [0.05, 0.1) is 15.9 Å². The molecule has 2 aromatic carbocycles. The van der Waals surface area contributed by atoms with Gasteiger partial charge in [-0.25, -0.2) is 5.43 Å². The van der Waals surface area contributed by atoms with Crippen LogP contribution in [0.1, 0.15) is 21.6 Å². The van der Waals surface area contributed by atoms with Crippen molar-refractivity contribution >= 4 is 11.6 Å². The summed E-state index contributed by atoms with van der Waals surface area (Å²) >= 11 is 0. The maximum atomic E-state index is 12.2. The third-order valence-electron chi connectivity index (χ3n) is 3.35. The number of nitrogens with zero attached hydrogens (tertiary/aromatic N) is 4. The number of rotatable bonds is 4. The van der Waals surface area contributed by atoms with Crippen LogP contribution in [0.4, 0.5) is 0 Å². The fourth-order valence-electron chi connectivity index (χ4n) is 2.15. The van der Waals surface area contributed by atoms with Crippen LogP contribution in [0.25, 0.3) is 0 Å². The number of hydrogen-bond acceptors (Lipinski definition) is 10. The molecule has 0 spiro atoms. The second-order valence-corrected chi connectivity index (χ2v) is 5.48. The number of carbonyl (C=O) groups excluding carboxylic acids is 1. The van der Waals surface area contributed by atoms with Crippen molar-refractivity contribution in [3.05, 3.63) is 126 Å². The first-order valence-corrected chi connectivity index (χ1v) is 8.47. The predicted molar refractivity (Wildman–Crippen MR) is 113 cm³/mol. The van der Waals surface area contributed by atoms with Crippen LogP contribution in [0, 0.1) is 30.6 Å². The largest absolute Gasteiger partial charge is 2.00 e. The average Bonchev–Trinajstić information content (AvgIpc) is 2.75. The molecule has 175 valence electrons. The van der Waals surface area contributed by atoms with E-state index in [1.165, 1.54) is 24.3 Å². The van der Waals surface area contributed by atoms with E-state index in [0.29, 0.717) is 17.0 Å². The second-order valence-electron chi connectivity index (χ2n) is 5.48. The van der Waals surface area contributed by atoms with Gasteiger partial charge in [0, 0.05) is 17.3 Å². The van der Waals surface area contributed by atoms with Crippen LogP contribution in [0.2, 0.25) is 0 Å². The minimum absolute atomic E-state index is 0. The van der Waals surface area contributed by atoms with E-state index < -0.39 is 10.2 Å². The molecule has 0 saturated carbocycles. The van der Waals surface area contributed by atoms with Crippen LogP contribution in [0.3, 0.4) is 0 Å². The fraction of sp³-hybridized carbons (Fsp3) is 0. The Morgan fingerprint density at radius 3 is 1.82 bits per heavy atom. The number of carbonyl (C=O) groups is 1. The monoisotopic (exact) mass is 504 g/mol. The van der Waals surface area contributed by atoms with Gasteiger partial charge in [-0.2, -0.15) is 5.10 Å². The molecule has 2 N–H and O–H groups in total. The van der Waals surface area contributed by atoms with Gasteiger partial charge in [-0.15, -0.1) is 0 Å². The van der Waals surface area contributed by atoms with Crippen LogP contribution in [0.5, 0.6) is 5.75 Å². The Balaban J connectivity index is 0.000000991. The molecule has 0 aliphatic carbocycles. The van der Waals surface area contributed by atoms with Crippen molar-refractivity contribution in [3.8, 4) is 5.75 Å². The third kappa shape index (κ3) is 12.0. The number of hydrazone groups is 1. The van der Waals surface area contributed by atoms with Crippen LogP contribution in [-0.2, 0) is 17.1 Å². The van der Waals surface area contributed by atoms with Gasteiger partial charge in [0.2, 0.25) is 0 Å². The number of benzene rings is 2. The van der Waals surface area contributed by atoms with Crippen molar-refractivity contribution in [3.63, 3.8) is 0 Å². The molecule has 0 unspecified atom stereocenters. The normalized spacial score (nSPS) is 9.52. The van der Waals surface area contributed by atoms with E-state index in [9.17, 15) is 9.90 Å². The molecule has 13 nitrogen and oxygen atoms in total. The van der Waals surface area contributed by atoms with E-state index in [4.69, 9.17) is 30.6 Å². The van der Waals surface area contributed by atoms with Gasteiger partial charge >= 0.3 is 17.1 Å². The molecular weight excluding hydrogens is 490 g/mol. The standard InChI is InChI=1S/C19H15N3O2.Cu.2NO3/c23-16-11-9-15(10-12-16)19(24)22-21-18(14-6-2-1-3-7-14)17-8-4-5-13-20-17;;2*2-1(3)4/h1-13,23H,(H,22,24);;;/q;+2;2*-1/b21-18+;;;. The molecular formula is C19H15CuN5O8. The van der Waals surface area contributed by atoms with Crippen molar-refractivity contribution in [2.45, 2.75) is 0 Å². The van der Waals surface area contributed by atoms with Gasteiger partial charge in [0.1, 0.15) is 11.5 Å². The molecule has 14 heteroatoms. The Kier molecular flexibility index (Phi) is 13.2. The van der Waals surface area contributed by atoms with E-state index >= 15 is 0 Å². The summed E-state index contributed by atoms with van der Waals surface area (Å²) in [6.45, 7) is 0. The molecule has 1 heterocycles. The third-order valence-corrected chi connectivity index (χ3v) is 3.35. The summed E-state index contributed by atoms with van der Waals surface area (Å²) in [4.78, 5) is 33.0.